The summed E-state index contributed by atoms with van der Waals surface area (Å²) in [5, 5.41) is 5.95. The normalized spacial score (nSPS) is 11.2. The highest BCUT2D eigenvalue weighted by atomic mass is 16.2. The predicted octanol–water partition coefficient (Wildman–Crippen LogP) is 0.888. The fourth-order valence-corrected chi connectivity index (χ4v) is 1.44. The van der Waals surface area contributed by atoms with Crippen molar-refractivity contribution in [2.75, 3.05) is 13.6 Å². The summed E-state index contributed by atoms with van der Waals surface area (Å²) < 4.78 is 0. The molecule has 1 heterocycles. The largest absolute Gasteiger partial charge is 0.340 e. The molecule has 0 fully saturated rings. The Hall–Kier alpha value is -1.65. The first kappa shape index (κ1) is 12.4. The lowest BCUT2D eigenvalue weighted by molar-refractivity contribution is 0.0738. The molecule has 0 bridgehead atoms. The van der Waals surface area contributed by atoms with Crippen molar-refractivity contribution in [3.05, 3.63) is 28.2 Å². The molecule has 1 aromatic heterocycles. The molecule has 1 amide bonds. The number of carbonyl (C=O) groups excluding carboxylic acids is 1. The highest BCUT2D eigenvalue weighted by Gasteiger charge is 2.19. The van der Waals surface area contributed by atoms with Crippen molar-refractivity contribution >= 4 is 5.91 Å². The van der Waals surface area contributed by atoms with E-state index in [2.05, 4.69) is 31.0 Å². The van der Waals surface area contributed by atoms with Crippen LogP contribution in [0.3, 0.4) is 0 Å². The predicted molar refractivity (Wildman–Crippen MR) is 61.3 cm³/mol. The molecule has 0 radical (unpaired) electrons. The van der Waals surface area contributed by atoms with Crippen LogP contribution in [0.25, 0.3) is 0 Å². The van der Waals surface area contributed by atoms with Gasteiger partial charge in [-0.15, -0.1) is 0 Å². The number of amides is 1. The lowest BCUT2D eigenvalue weighted by Gasteiger charge is -2.26. The van der Waals surface area contributed by atoms with E-state index in [0.29, 0.717) is 6.54 Å². The molecule has 88 valence electrons. The van der Waals surface area contributed by atoms with Gasteiger partial charge in [0.1, 0.15) is 5.69 Å². The van der Waals surface area contributed by atoms with Crippen molar-refractivity contribution in [3.8, 4) is 0 Å². The van der Waals surface area contributed by atoms with Crippen LogP contribution >= 0.6 is 0 Å². The van der Waals surface area contributed by atoms with Crippen LogP contribution in [0, 0.1) is 5.41 Å². The fourth-order valence-electron chi connectivity index (χ4n) is 1.44. The monoisotopic (exact) mass is 223 g/mol. The Bertz CT molecular complexity index is 411. The third-order valence-electron chi connectivity index (χ3n) is 1.96. The topological polar surface area (TPSA) is 66.1 Å². The van der Waals surface area contributed by atoms with E-state index >= 15 is 0 Å². The van der Waals surface area contributed by atoms with E-state index < -0.39 is 0 Å². The third-order valence-corrected chi connectivity index (χ3v) is 1.96. The highest BCUT2D eigenvalue weighted by molar-refractivity contribution is 5.91. The van der Waals surface area contributed by atoms with Gasteiger partial charge in [-0.2, -0.15) is 5.10 Å². The van der Waals surface area contributed by atoms with Crippen molar-refractivity contribution < 1.29 is 4.79 Å². The molecule has 0 atom stereocenters. The van der Waals surface area contributed by atoms with Crippen LogP contribution in [-0.2, 0) is 0 Å². The zero-order chi connectivity index (χ0) is 12.3. The third kappa shape index (κ3) is 3.49. The van der Waals surface area contributed by atoms with Gasteiger partial charge in [0.05, 0.1) is 0 Å². The molecular weight excluding hydrogens is 206 g/mol. The number of hydrogen-bond acceptors (Lipinski definition) is 3. The Labute approximate surface area is 94.5 Å². The number of aromatic nitrogens is 2. The van der Waals surface area contributed by atoms with Crippen LogP contribution in [-0.4, -0.2) is 34.6 Å². The van der Waals surface area contributed by atoms with Gasteiger partial charge in [-0.25, -0.2) is 5.10 Å². The summed E-state index contributed by atoms with van der Waals surface area (Å²) in [6.07, 6.45) is 0. The average molecular weight is 223 g/mol. The molecule has 1 N–H and O–H groups in total. The Balaban J connectivity index is 2.78. The van der Waals surface area contributed by atoms with Crippen LogP contribution in [0.1, 0.15) is 31.3 Å². The van der Waals surface area contributed by atoms with Crippen molar-refractivity contribution in [1.29, 1.82) is 0 Å². The molecule has 0 saturated carbocycles. The molecule has 16 heavy (non-hydrogen) atoms. The molecular formula is C11H17N3O2. The van der Waals surface area contributed by atoms with E-state index in [4.69, 9.17) is 0 Å². The van der Waals surface area contributed by atoms with Gasteiger partial charge in [0.2, 0.25) is 0 Å². The molecule has 0 spiro atoms. The first-order chi connectivity index (χ1) is 7.29. The highest BCUT2D eigenvalue weighted by Crippen LogP contribution is 2.15. The summed E-state index contributed by atoms with van der Waals surface area (Å²) in [4.78, 5) is 24.3. The number of H-pyrrole nitrogens is 1. The molecule has 0 saturated heterocycles. The fraction of sp³-hybridized carbons (Fsp3) is 0.545. The van der Waals surface area contributed by atoms with E-state index in [1.807, 2.05) is 0 Å². The van der Waals surface area contributed by atoms with Crippen molar-refractivity contribution in [2.45, 2.75) is 20.8 Å². The van der Waals surface area contributed by atoms with Crippen LogP contribution < -0.4 is 5.56 Å². The standard InChI is InChI=1S/C11H17N3O2/c1-11(2,3)7-14(4)10(16)8-5-6-9(15)13-12-8/h5-6H,7H2,1-4H3,(H,13,15). The second-order valence-corrected chi connectivity index (χ2v) is 5.03. The zero-order valence-corrected chi connectivity index (χ0v) is 10.1. The van der Waals surface area contributed by atoms with Gasteiger partial charge >= 0.3 is 0 Å². The molecule has 5 heteroatoms. The van der Waals surface area contributed by atoms with Crippen LogP contribution in [0.2, 0.25) is 0 Å². The molecule has 0 aliphatic heterocycles. The molecule has 0 aromatic carbocycles. The molecule has 0 unspecified atom stereocenters. The van der Waals surface area contributed by atoms with Crippen molar-refractivity contribution in [1.82, 2.24) is 15.1 Å². The summed E-state index contributed by atoms with van der Waals surface area (Å²) in [5.74, 6) is -0.189. The van der Waals surface area contributed by atoms with E-state index in [1.165, 1.54) is 12.1 Å². The van der Waals surface area contributed by atoms with Crippen LogP contribution in [0.4, 0.5) is 0 Å². The Kier molecular flexibility index (Phi) is 3.47. The number of nitrogens with zero attached hydrogens (tertiary/aromatic N) is 2. The van der Waals surface area contributed by atoms with E-state index in [1.54, 1.807) is 11.9 Å². The summed E-state index contributed by atoms with van der Waals surface area (Å²) >= 11 is 0. The summed E-state index contributed by atoms with van der Waals surface area (Å²) in [5.41, 5.74) is -0.0200. The van der Waals surface area contributed by atoms with Crippen molar-refractivity contribution in [2.24, 2.45) is 5.41 Å². The van der Waals surface area contributed by atoms with Gasteiger partial charge in [0.15, 0.2) is 0 Å². The summed E-state index contributed by atoms with van der Waals surface area (Å²) in [6, 6.07) is 2.73. The minimum Gasteiger partial charge on any atom is -0.340 e. The van der Waals surface area contributed by atoms with Crippen LogP contribution in [0.15, 0.2) is 16.9 Å². The minimum atomic E-state index is -0.310. The number of nitrogens with one attached hydrogen (secondary N) is 1. The molecule has 0 aliphatic carbocycles. The smallest absolute Gasteiger partial charge is 0.274 e. The number of aromatic amines is 1. The number of hydrogen-bond donors (Lipinski definition) is 1. The Morgan fingerprint density at radius 2 is 2.06 bits per heavy atom. The molecule has 1 aromatic rings. The van der Waals surface area contributed by atoms with E-state index in [-0.39, 0.29) is 22.6 Å². The van der Waals surface area contributed by atoms with Gasteiger partial charge in [0.25, 0.3) is 11.5 Å². The molecule has 0 aliphatic rings. The van der Waals surface area contributed by atoms with Crippen molar-refractivity contribution in [3.63, 3.8) is 0 Å². The van der Waals surface area contributed by atoms with Gasteiger partial charge in [0, 0.05) is 19.7 Å². The SMILES string of the molecule is CN(CC(C)(C)C)C(=O)c1ccc(=O)[nH]n1. The molecule has 5 nitrogen and oxygen atoms in total. The summed E-state index contributed by atoms with van der Waals surface area (Å²) in [6.45, 7) is 6.79. The van der Waals surface area contributed by atoms with Gasteiger partial charge in [-0.05, 0) is 11.5 Å². The number of rotatable bonds is 2. The Morgan fingerprint density at radius 3 is 2.50 bits per heavy atom. The van der Waals surface area contributed by atoms with Gasteiger partial charge in [-0.3, -0.25) is 9.59 Å². The second kappa shape index (κ2) is 4.47. The lowest BCUT2D eigenvalue weighted by Crippen LogP contribution is -2.35. The number of carbonyl (C=O) groups is 1. The first-order valence-corrected chi connectivity index (χ1v) is 5.11. The average Bonchev–Trinajstić information content (AvgIpc) is 2.15. The van der Waals surface area contributed by atoms with E-state index in [0.717, 1.165) is 0 Å². The maximum Gasteiger partial charge on any atom is 0.274 e. The Morgan fingerprint density at radius 1 is 1.44 bits per heavy atom. The molecule has 1 rings (SSSR count). The first-order valence-electron chi connectivity index (χ1n) is 5.11. The minimum absolute atomic E-state index is 0.0343. The van der Waals surface area contributed by atoms with Gasteiger partial charge < -0.3 is 4.90 Å². The maximum atomic E-state index is 11.9. The van der Waals surface area contributed by atoms with Crippen LogP contribution in [0.5, 0.6) is 0 Å². The zero-order valence-electron chi connectivity index (χ0n) is 10.1. The quantitative estimate of drug-likeness (QED) is 0.809. The maximum absolute atomic E-state index is 11.9. The summed E-state index contributed by atoms with van der Waals surface area (Å²) in [7, 11) is 1.72. The van der Waals surface area contributed by atoms with E-state index in [9.17, 15) is 9.59 Å². The van der Waals surface area contributed by atoms with Gasteiger partial charge in [-0.1, -0.05) is 20.8 Å². The lowest BCUT2D eigenvalue weighted by atomic mass is 9.96. The second-order valence-electron chi connectivity index (χ2n) is 5.03.